The molecule has 1 amide bonds. The molecule has 0 radical (unpaired) electrons. The Morgan fingerprint density at radius 1 is 1.33 bits per heavy atom. The van der Waals surface area contributed by atoms with Gasteiger partial charge < -0.3 is 16.8 Å². The number of nitrogens with two attached hydrogens (primary N) is 2. The maximum atomic E-state index is 13.2. The Hall–Kier alpha value is -2.37. The molecule has 2 fully saturated rings. The summed E-state index contributed by atoms with van der Waals surface area (Å²) in [4.78, 5) is 12.3. The van der Waals surface area contributed by atoms with E-state index in [0.29, 0.717) is 11.4 Å². The van der Waals surface area contributed by atoms with Gasteiger partial charge in [0.2, 0.25) is 11.8 Å². The van der Waals surface area contributed by atoms with Gasteiger partial charge in [-0.25, -0.2) is 8.78 Å². The molecule has 0 aliphatic heterocycles. The van der Waals surface area contributed by atoms with E-state index in [4.69, 9.17) is 11.5 Å². The number of allylic oxidation sites excluding steroid dienone is 2. The topological polar surface area (TPSA) is 81.1 Å². The average molecular weight is 333 g/mol. The molecule has 1 aromatic rings. The Labute approximate surface area is 139 Å². The highest BCUT2D eigenvalue weighted by atomic mass is 19.3. The molecule has 0 bridgehead atoms. The third-order valence-corrected chi connectivity index (χ3v) is 4.91. The minimum atomic E-state index is -2.60. The third-order valence-electron chi connectivity index (χ3n) is 4.91. The lowest BCUT2D eigenvalue weighted by Gasteiger charge is -2.14. The number of amides is 1. The van der Waals surface area contributed by atoms with Gasteiger partial charge in [0, 0.05) is 35.7 Å². The molecule has 2 saturated carbocycles. The molecule has 1 aromatic carbocycles. The van der Waals surface area contributed by atoms with Gasteiger partial charge in [-0.05, 0) is 54.8 Å². The van der Waals surface area contributed by atoms with Crippen LogP contribution in [0.4, 0.5) is 14.5 Å². The van der Waals surface area contributed by atoms with Gasteiger partial charge >= 0.3 is 0 Å². The lowest BCUT2D eigenvalue weighted by atomic mass is 10.0. The molecule has 128 valence electrons. The summed E-state index contributed by atoms with van der Waals surface area (Å²) in [5.41, 5.74) is 14.2. The Balaban J connectivity index is 1.69. The minimum absolute atomic E-state index is 0.171. The second kappa shape index (κ2) is 5.92. The van der Waals surface area contributed by atoms with Crippen LogP contribution in [0.5, 0.6) is 0 Å². The van der Waals surface area contributed by atoms with E-state index in [1.165, 1.54) is 6.20 Å². The number of carbonyl (C=O) groups is 1. The molecule has 2 aliphatic carbocycles. The molecule has 0 aromatic heterocycles. The number of aryl methyl sites for hydroxylation is 1. The molecule has 6 heteroatoms. The summed E-state index contributed by atoms with van der Waals surface area (Å²) in [7, 11) is 0. The summed E-state index contributed by atoms with van der Waals surface area (Å²) < 4.78 is 26.4. The van der Waals surface area contributed by atoms with Crippen LogP contribution in [0.25, 0.3) is 5.70 Å². The van der Waals surface area contributed by atoms with Crippen molar-refractivity contribution in [3.8, 4) is 0 Å². The maximum absolute atomic E-state index is 13.2. The summed E-state index contributed by atoms with van der Waals surface area (Å²) >= 11 is 0. The number of rotatable bonds is 4. The quantitative estimate of drug-likeness (QED) is 0.741. The minimum Gasteiger partial charge on any atom is -0.405 e. The number of carbonyl (C=O) groups excluding carboxylic acids is 1. The Bertz CT molecular complexity index is 713. The van der Waals surface area contributed by atoms with E-state index in [1.54, 1.807) is 24.3 Å². The van der Waals surface area contributed by atoms with E-state index in [0.717, 1.165) is 11.1 Å². The standard InChI is InChI=1S/C18H21F2N3O/c1-10-4-5-11(7-12(10)15(22)3-2-6-21)23-17(24)16-13-8-18(19,20)9-14(13)16/h2-7,13-14,16H,8-9,21-22H2,1H3,(H,23,24)/b6-2-,15-3-/t13-,14?,16?/m0/s1. The van der Waals surface area contributed by atoms with Crippen molar-refractivity contribution >= 4 is 17.3 Å². The maximum Gasteiger partial charge on any atom is 0.248 e. The number of halogens is 2. The van der Waals surface area contributed by atoms with Crippen LogP contribution < -0.4 is 16.8 Å². The monoisotopic (exact) mass is 333 g/mol. The zero-order valence-electron chi connectivity index (χ0n) is 13.4. The van der Waals surface area contributed by atoms with Crippen LogP contribution in [-0.2, 0) is 4.79 Å². The van der Waals surface area contributed by atoms with Crippen LogP contribution in [0.2, 0.25) is 0 Å². The SMILES string of the molecule is Cc1ccc(NC(=O)C2C3CC(F)(F)C[C@@H]32)cc1/C(N)=C/C=C\N. The van der Waals surface area contributed by atoms with Gasteiger partial charge in [0.15, 0.2) is 0 Å². The molecule has 4 nitrogen and oxygen atoms in total. The number of hydrogen-bond acceptors (Lipinski definition) is 3. The van der Waals surface area contributed by atoms with Gasteiger partial charge in [-0.15, -0.1) is 0 Å². The molecule has 2 unspecified atom stereocenters. The second-order valence-electron chi connectivity index (χ2n) is 6.64. The van der Waals surface area contributed by atoms with E-state index in [9.17, 15) is 13.6 Å². The molecule has 3 rings (SSSR count). The number of benzene rings is 1. The summed E-state index contributed by atoms with van der Waals surface area (Å²) in [5.74, 6) is -3.42. The molecular weight excluding hydrogens is 312 g/mol. The summed E-state index contributed by atoms with van der Waals surface area (Å²) in [6.07, 6.45) is 4.36. The van der Waals surface area contributed by atoms with Gasteiger partial charge in [0.05, 0.1) is 0 Å². The first-order valence-corrected chi connectivity index (χ1v) is 7.96. The fraction of sp³-hybridized carbons (Fsp3) is 0.389. The Morgan fingerprint density at radius 3 is 2.62 bits per heavy atom. The van der Waals surface area contributed by atoms with Crippen LogP contribution in [0.15, 0.2) is 36.6 Å². The van der Waals surface area contributed by atoms with E-state index >= 15 is 0 Å². The van der Waals surface area contributed by atoms with E-state index in [1.807, 2.05) is 13.0 Å². The van der Waals surface area contributed by atoms with Gasteiger partial charge in [0.25, 0.3) is 0 Å². The largest absolute Gasteiger partial charge is 0.405 e. The van der Waals surface area contributed by atoms with Crippen LogP contribution in [0, 0.1) is 24.7 Å². The first-order chi connectivity index (χ1) is 11.3. The number of nitrogens with one attached hydrogen (secondary N) is 1. The fourth-order valence-electron chi connectivity index (χ4n) is 3.65. The molecule has 3 atom stereocenters. The Kier molecular flexibility index (Phi) is 4.07. The predicted octanol–water partition coefficient (Wildman–Crippen LogP) is 3.00. The second-order valence-corrected chi connectivity index (χ2v) is 6.64. The number of fused-ring (bicyclic) bond motifs is 1. The summed E-state index contributed by atoms with van der Waals surface area (Å²) in [5, 5.41) is 2.83. The first kappa shape index (κ1) is 16.5. The van der Waals surface area contributed by atoms with Crippen molar-refractivity contribution < 1.29 is 13.6 Å². The van der Waals surface area contributed by atoms with E-state index in [2.05, 4.69) is 5.32 Å². The van der Waals surface area contributed by atoms with E-state index < -0.39 is 5.92 Å². The fourth-order valence-corrected chi connectivity index (χ4v) is 3.65. The number of anilines is 1. The molecule has 0 heterocycles. The smallest absolute Gasteiger partial charge is 0.248 e. The predicted molar refractivity (Wildman–Crippen MR) is 90.0 cm³/mol. The highest BCUT2D eigenvalue weighted by Crippen LogP contribution is 2.62. The normalized spacial score (nSPS) is 28.0. The van der Waals surface area contributed by atoms with Crippen LogP contribution >= 0.6 is 0 Å². The number of alkyl halides is 2. The van der Waals surface area contributed by atoms with Crippen molar-refractivity contribution in [2.24, 2.45) is 29.2 Å². The van der Waals surface area contributed by atoms with Crippen LogP contribution in [0.3, 0.4) is 0 Å². The van der Waals surface area contributed by atoms with Gasteiger partial charge in [0.1, 0.15) is 0 Å². The van der Waals surface area contributed by atoms with E-state index in [-0.39, 0.29) is 36.5 Å². The van der Waals surface area contributed by atoms with Gasteiger partial charge in [-0.3, -0.25) is 4.79 Å². The zero-order valence-corrected chi connectivity index (χ0v) is 13.4. The van der Waals surface area contributed by atoms with Crippen LogP contribution in [-0.4, -0.2) is 11.8 Å². The molecule has 2 aliphatic rings. The van der Waals surface area contributed by atoms with Crippen molar-refractivity contribution in [1.82, 2.24) is 0 Å². The van der Waals surface area contributed by atoms with Crippen molar-refractivity contribution in [2.45, 2.75) is 25.7 Å². The summed E-state index contributed by atoms with van der Waals surface area (Å²) in [6.45, 7) is 1.92. The zero-order chi connectivity index (χ0) is 17.5. The van der Waals surface area contributed by atoms with Crippen molar-refractivity contribution in [2.75, 3.05) is 5.32 Å². The van der Waals surface area contributed by atoms with Gasteiger partial charge in [-0.2, -0.15) is 0 Å². The molecule has 24 heavy (non-hydrogen) atoms. The molecule has 0 saturated heterocycles. The molecular formula is C18H21F2N3O. The first-order valence-electron chi connectivity index (χ1n) is 7.96. The third kappa shape index (κ3) is 3.13. The van der Waals surface area contributed by atoms with Crippen molar-refractivity contribution in [3.05, 3.63) is 47.7 Å². The molecule has 0 spiro atoms. The van der Waals surface area contributed by atoms with Gasteiger partial charge in [-0.1, -0.05) is 6.07 Å². The highest BCUT2D eigenvalue weighted by Gasteiger charge is 2.65. The average Bonchev–Trinajstić information content (AvgIpc) is 3.05. The van der Waals surface area contributed by atoms with Crippen LogP contribution in [0.1, 0.15) is 24.0 Å². The molecule has 5 N–H and O–H groups in total. The summed E-state index contributed by atoms with van der Waals surface area (Å²) in [6, 6.07) is 5.44. The lowest BCUT2D eigenvalue weighted by Crippen LogP contribution is -2.22. The highest BCUT2D eigenvalue weighted by molar-refractivity contribution is 5.95. The van der Waals surface area contributed by atoms with Crippen molar-refractivity contribution in [3.63, 3.8) is 0 Å². The number of hydrogen-bond donors (Lipinski definition) is 3. The lowest BCUT2D eigenvalue weighted by molar-refractivity contribution is -0.118. The van der Waals surface area contributed by atoms with Crippen molar-refractivity contribution in [1.29, 1.82) is 0 Å². The Morgan fingerprint density at radius 2 is 2.00 bits per heavy atom.